The molecule has 106 heavy (non-hydrogen) atoms. The number of benzene rings is 10. The van der Waals surface area contributed by atoms with Crippen LogP contribution in [-0.4, -0.2) is 106 Å². The third kappa shape index (κ3) is 10.6. The minimum atomic E-state index is -4.72. The van der Waals surface area contributed by atoms with Crippen LogP contribution in [0.3, 0.4) is 0 Å². The molecule has 25 heteroatoms. The number of nitrogens with one attached hydrogen (secondary N) is 4. The molecule has 0 radical (unpaired) electrons. The zero-order chi connectivity index (χ0) is 71.3. The van der Waals surface area contributed by atoms with E-state index in [0.717, 1.165) is 38.6 Å². The summed E-state index contributed by atoms with van der Waals surface area (Å²) >= 11 is 0. The number of nitrogens with zero attached hydrogens (tertiary/aromatic N) is 12. The molecule has 4 aliphatic heterocycles. The van der Waals surface area contributed by atoms with Gasteiger partial charge in [0.2, 0.25) is 0 Å². The minimum absolute atomic E-state index is 0.0633. The van der Waals surface area contributed by atoms with Crippen molar-refractivity contribution in [2.75, 3.05) is 0 Å². The Labute approximate surface area is 598 Å². The van der Waals surface area contributed by atoms with Crippen LogP contribution in [0.4, 0.5) is 0 Å². The van der Waals surface area contributed by atoms with E-state index in [4.69, 9.17) is 64.5 Å². The molecule has 0 saturated carbocycles. The SMILES string of the molecule is Cc1ccc(C#Cc2ccc3c(c2)-c2nc-3nc3[nH]c(nc4nc(nc5[nH]c(n2)c2ccc(S(=O)(=O)O)cc52)-c2ccc(Oc5ccc6c7nc8nc(nc9[nH]c(nc%10nc(nc([nH]7)c6c5)-c5cc(S(=O)(=O)O)ccc5-%10)c5cc(C#Cc6ccccc6)ccc95)-c5ccccc5-8)cc2-4)c2ccccc32)cc1. The van der Waals surface area contributed by atoms with Gasteiger partial charge in [0.15, 0.2) is 46.6 Å². The molecule has 16 bridgehead atoms. The first-order valence-electron chi connectivity index (χ1n) is 33.0. The Hall–Kier alpha value is -14.3. The van der Waals surface area contributed by atoms with Gasteiger partial charge in [-0.25, -0.2) is 59.8 Å². The molecule has 23 nitrogen and oxygen atoms in total. The van der Waals surface area contributed by atoms with Gasteiger partial charge in [-0.15, -0.1) is 0 Å². The molecule has 0 unspecified atom stereocenters. The van der Waals surface area contributed by atoms with E-state index in [1.165, 1.54) is 30.3 Å². The lowest BCUT2D eigenvalue weighted by Crippen LogP contribution is -1.98. The van der Waals surface area contributed by atoms with Crippen LogP contribution in [0.1, 0.15) is 27.8 Å². The van der Waals surface area contributed by atoms with Gasteiger partial charge in [0.05, 0.1) is 9.79 Å². The van der Waals surface area contributed by atoms with Crippen LogP contribution in [0.5, 0.6) is 11.5 Å². The number of rotatable bonds is 4. The quantitative estimate of drug-likeness (QED) is 0.0704. The molecule has 20 rings (SSSR count). The number of aryl methyl sites for hydroxylation is 1. The average Bonchev–Trinajstić information content (AvgIpc) is 1.60. The van der Waals surface area contributed by atoms with Crippen molar-refractivity contribution in [3.8, 4) is 126 Å². The smallest absolute Gasteiger partial charge is 0.294 e. The highest BCUT2D eigenvalue weighted by Gasteiger charge is 2.28. The van der Waals surface area contributed by atoms with Crippen molar-refractivity contribution >= 4 is 109 Å². The highest BCUT2D eigenvalue weighted by atomic mass is 32.2. The third-order valence-corrected chi connectivity index (χ3v) is 20.4. The van der Waals surface area contributed by atoms with Crippen molar-refractivity contribution in [2.24, 2.45) is 0 Å². The lowest BCUT2D eigenvalue weighted by atomic mass is 10.0. The summed E-state index contributed by atoms with van der Waals surface area (Å²) in [5, 5.41) is 4.74. The summed E-state index contributed by atoms with van der Waals surface area (Å²) < 4.78 is 79.1. The first-order valence-corrected chi connectivity index (χ1v) is 35.9. The number of H-pyrrole nitrogens is 4. The number of aromatic nitrogens is 16. The molecular weight excluding hydrogens is 1370 g/mol. The summed E-state index contributed by atoms with van der Waals surface area (Å²) in [6.45, 7) is 2.02. The number of ether oxygens (including phenoxy) is 1. The minimum Gasteiger partial charge on any atom is -0.457 e. The van der Waals surface area contributed by atoms with Gasteiger partial charge in [0.1, 0.15) is 56.7 Å². The Morgan fingerprint density at radius 2 is 0.594 bits per heavy atom. The molecular formula is C81H44N16O7S2. The van der Waals surface area contributed by atoms with Crippen LogP contribution in [0.25, 0.3) is 179 Å². The average molecular weight is 1420 g/mol. The molecule has 0 aliphatic carbocycles. The second-order valence-corrected chi connectivity index (χ2v) is 28.3. The Morgan fingerprint density at radius 1 is 0.274 bits per heavy atom. The van der Waals surface area contributed by atoms with Crippen LogP contribution < -0.4 is 4.74 Å². The Balaban J connectivity index is 0.759. The molecule has 6 aromatic heterocycles. The topological polar surface area (TPSA) is 336 Å². The van der Waals surface area contributed by atoms with E-state index in [1.807, 2.05) is 153 Å². The molecule has 10 aromatic carbocycles. The highest BCUT2D eigenvalue weighted by molar-refractivity contribution is 7.86. The molecule has 0 atom stereocenters. The normalized spacial score (nSPS) is 12.1. The van der Waals surface area contributed by atoms with Crippen molar-refractivity contribution in [3.63, 3.8) is 0 Å². The zero-order valence-electron chi connectivity index (χ0n) is 54.8. The molecule has 0 amide bonds. The number of fused-ring (bicyclic) bond motifs is 40. The van der Waals surface area contributed by atoms with Gasteiger partial charge in [-0.2, -0.15) is 16.8 Å². The molecule has 0 spiro atoms. The molecule has 4 aliphatic rings. The Morgan fingerprint density at radius 3 is 1.12 bits per heavy atom. The third-order valence-electron chi connectivity index (χ3n) is 18.7. The van der Waals surface area contributed by atoms with Gasteiger partial charge in [0, 0.05) is 110 Å². The van der Waals surface area contributed by atoms with Crippen LogP contribution in [0, 0.1) is 30.6 Å². The fourth-order valence-electron chi connectivity index (χ4n) is 13.6. The predicted octanol–water partition coefficient (Wildman–Crippen LogP) is 15.4. The van der Waals surface area contributed by atoms with Crippen molar-refractivity contribution in [1.29, 1.82) is 0 Å². The van der Waals surface area contributed by atoms with E-state index in [1.54, 1.807) is 36.4 Å². The van der Waals surface area contributed by atoms with Crippen molar-refractivity contribution in [2.45, 2.75) is 16.7 Å². The maximum atomic E-state index is 12.9. The lowest BCUT2D eigenvalue weighted by molar-refractivity contribution is 0.481. The monoisotopic (exact) mass is 1420 g/mol. The van der Waals surface area contributed by atoms with Crippen LogP contribution >= 0.6 is 0 Å². The van der Waals surface area contributed by atoms with Gasteiger partial charge in [-0.3, -0.25) is 9.11 Å². The predicted molar refractivity (Wildman–Crippen MR) is 401 cm³/mol. The number of hydrogen-bond acceptors (Lipinski definition) is 17. The fraction of sp³-hybridized carbons (Fsp3) is 0.0123. The van der Waals surface area contributed by atoms with Crippen LogP contribution in [0.2, 0.25) is 0 Å². The Kier molecular flexibility index (Phi) is 13.6. The summed E-state index contributed by atoms with van der Waals surface area (Å²) in [4.78, 5) is 74.4. The summed E-state index contributed by atoms with van der Waals surface area (Å²) in [7, 11) is -9.42. The van der Waals surface area contributed by atoms with Gasteiger partial charge >= 0.3 is 0 Å². The molecule has 0 saturated heterocycles. The van der Waals surface area contributed by atoms with Crippen molar-refractivity contribution < 1.29 is 30.7 Å². The van der Waals surface area contributed by atoms with Gasteiger partial charge in [-0.1, -0.05) is 108 Å². The maximum absolute atomic E-state index is 12.9. The summed E-state index contributed by atoms with van der Waals surface area (Å²) in [5.74, 6) is 15.9. The number of aromatic amines is 4. The highest BCUT2D eigenvalue weighted by Crippen LogP contribution is 2.43. The standard InChI is InChI=1S/C81H44N16O7S2/c1-41-15-17-43(18-16-41)20-22-45-24-30-55-61(36-45)77-89-71(55)85-68-52-13-7-8-14-53(52)69(83-68)87-78-62-37-46(26-32-57(62)73(93-78)94-80-64-39-48(105(98,99)100)27-33-58(64)74(90-77)95-80)104-47-25-31-56-63(38-47)79-92-72(56)86-67-51-12-6-5-11-50(51)66(82-67)84-70-54-29-23-44(21-19-42-9-3-2-4-10-42)35-60(54)76(88-70)91-75-59-34-28-49(106(101,102)103)40-65(59)81(96-75)97-79/h2-18,23-40H,1H3,(H,98,99,100)(H,101,102,103)(H2,82,84,86,88,91,92,96,97)(H2,83,85,87,89,90,93,94,95). The molecule has 16 aromatic rings. The van der Waals surface area contributed by atoms with E-state index >= 15 is 0 Å². The van der Waals surface area contributed by atoms with Crippen molar-refractivity contribution in [1.82, 2.24) is 79.7 Å². The first-order chi connectivity index (χ1) is 51.5. The summed E-state index contributed by atoms with van der Waals surface area (Å²) in [5.41, 5.74) is 11.5. The van der Waals surface area contributed by atoms with Crippen molar-refractivity contribution in [3.05, 3.63) is 240 Å². The molecule has 10 heterocycles. The van der Waals surface area contributed by atoms with Gasteiger partial charge in [0.25, 0.3) is 20.2 Å². The second-order valence-electron chi connectivity index (χ2n) is 25.4. The second kappa shape index (κ2) is 23.4. The van der Waals surface area contributed by atoms with E-state index in [2.05, 4.69) is 43.6 Å². The zero-order valence-corrected chi connectivity index (χ0v) is 56.5. The first kappa shape index (κ1) is 61.5. The van der Waals surface area contributed by atoms with Crippen LogP contribution in [-0.2, 0) is 20.2 Å². The fourth-order valence-corrected chi connectivity index (χ4v) is 14.6. The number of hydrogen-bond donors (Lipinski definition) is 6. The summed E-state index contributed by atoms with van der Waals surface area (Å²) in [6.07, 6.45) is 0. The van der Waals surface area contributed by atoms with Gasteiger partial charge < -0.3 is 24.7 Å². The largest absolute Gasteiger partial charge is 0.457 e. The van der Waals surface area contributed by atoms with Gasteiger partial charge in [-0.05, 0) is 140 Å². The summed E-state index contributed by atoms with van der Waals surface area (Å²) in [6, 6.07) is 63.5. The maximum Gasteiger partial charge on any atom is 0.294 e. The molecule has 6 N–H and O–H groups in total. The van der Waals surface area contributed by atoms with Crippen LogP contribution in [0.15, 0.2) is 222 Å². The Bertz CT molecular complexity index is 7420. The van der Waals surface area contributed by atoms with E-state index in [0.29, 0.717) is 134 Å². The van der Waals surface area contributed by atoms with E-state index in [9.17, 15) is 25.9 Å². The van der Waals surface area contributed by atoms with E-state index < -0.39 is 20.2 Å². The molecule has 502 valence electrons. The van der Waals surface area contributed by atoms with E-state index in [-0.39, 0.29) is 55.6 Å². The lowest BCUT2D eigenvalue weighted by Gasteiger charge is -2.08. The molecule has 0 fully saturated rings.